The number of fused-ring (bicyclic) bond motifs is 6. The molecule has 8 rings (SSSR count). The summed E-state index contributed by atoms with van der Waals surface area (Å²) in [6, 6.07) is 44.9. The Morgan fingerprint density at radius 1 is 0.500 bits per heavy atom. The van der Waals surface area contributed by atoms with Crippen molar-refractivity contribution in [2.24, 2.45) is 0 Å². The Labute approximate surface area is 251 Å². The number of benzene rings is 6. The molecule has 0 bridgehead atoms. The monoisotopic (exact) mass is 560 g/mol. The number of para-hydroxylation sites is 2. The van der Waals surface area contributed by atoms with Crippen LogP contribution >= 0.6 is 11.3 Å². The van der Waals surface area contributed by atoms with Gasteiger partial charge < -0.3 is 9.80 Å². The molecule has 2 nitrogen and oxygen atoms in total. The van der Waals surface area contributed by atoms with Gasteiger partial charge in [-0.25, -0.2) is 0 Å². The van der Waals surface area contributed by atoms with Crippen LogP contribution in [0.15, 0.2) is 121 Å². The first-order valence-electron chi connectivity index (χ1n) is 14.6. The molecule has 6 aromatic carbocycles. The third-order valence-electron chi connectivity index (χ3n) is 8.48. The summed E-state index contributed by atoms with van der Waals surface area (Å²) in [6.45, 7) is 9.07. The fourth-order valence-electron chi connectivity index (χ4n) is 6.71. The van der Waals surface area contributed by atoms with Crippen LogP contribution in [0.5, 0.6) is 0 Å². The van der Waals surface area contributed by atoms with Gasteiger partial charge in [-0.3, -0.25) is 0 Å². The summed E-state index contributed by atoms with van der Waals surface area (Å²) >= 11 is 1.87. The quantitative estimate of drug-likeness (QED) is 0.207. The summed E-state index contributed by atoms with van der Waals surface area (Å²) in [5.74, 6) is 0. The van der Waals surface area contributed by atoms with E-state index in [-0.39, 0.29) is 5.54 Å². The van der Waals surface area contributed by atoms with E-state index >= 15 is 0 Å². The van der Waals surface area contributed by atoms with E-state index in [1.807, 2.05) is 11.3 Å². The maximum Gasteiger partial charge on any atom is 0.0700 e. The van der Waals surface area contributed by atoms with Crippen molar-refractivity contribution < 1.29 is 0 Å². The van der Waals surface area contributed by atoms with Gasteiger partial charge in [0.1, 0.15) is 0 Å². The summed E-state index contributed by atoms with van der Waals surface area (Å²) in [5, 5.41) is 5.17. The maximum absolute atomic E-state index is 2.50. The Morgan fingerprint density at radius 2 is 1.14 bits per heavy atom. The van der Waals surface area contributed by atoms with Crippen molar-refractivity contribution in [1.82, 2.24) is 0 Å². The predicted octanol–water partition coefficient (Wildman–Crippen LogP) is 11.9. The third kappa shape index (κ3) is 3.77. The van der Waals surface area contributed by atoms with Crippen LogP contribution in [0.1, 0.15) is 26.3 Å². The van der Waals surface area contributed by atoms with E-state index in [0.717, 1.165) is 0 Å². The average Bonchev–Trinajstić information content (AvgIpc) is 3.37. The van der Waals surface area contributed by atoms with Gasteiger partial charge in [0.05, 0.1) is 28.4 Å². The number of thiophene rings is 1. The normalized spacial score (nSPS) is 13.1. The van der Waals surface area contributed by atoms with Crippen LogP contribution in [0.4, 0.5) is 28.4 Å². The van der Waals surface area contributed by atoms with Crippen LogP contribution in [-0.4, -0.2) is 5.54 Å². The molecule has 0 amide bonds. The maximum atomic E-state index is 2.50. The van der Waals surface area contributed by atoms with Crippen LogP contribution in [0.25, 0.3) is 42.1 Å². The van der Waals surface area contributed by atoms with E-state index in [9.17, 15) is 0 Å². The van der Waals surface area contributed by atoms with E-state index in [1.54, 1.807) is 0 Å². The molecule has 0 unspecified atom stereocenters. The van der Waals surface area contributed by atoms with Gasteiger partial charge in [-0.2, -0.15) is 0 Å². The number of anilines is 5. The zero-order valence-corrected chi connectivity index (χ0v) is 25.2. The molecule has 1 aliphatic heterocycles. The number of hydrogen-bond donors (Lipinski definition) is 0. The Kier molecular flexibility index (Phi) is 5.51. The molecule has 42 heavy (non-hydrogen) atoms. The zero-order chi connectivity index (χ0) is 28.6. The van der Waals surface area contributed by atoms with Crippen molar-refractivity contribution in [3.63, 3.8) is 0 Å². The summed E-state index contributed by atoms with van der Waals surface area (Å²) < 4.78 is 2.67. The average molecular weight is 561 g/mol. The molecule has 0 saturated heterocycles. The molecule has 3 heteroatoms. The standard InChI is InChI=1S/C39H32N2S/c1-25-17-20-34-36(23-25)41(39(2,3)4)35-15-9-8-14-33(35)40(34)32-21-19-27(28-11-5-6-12-29(28)32)26-18-22-38-31(24-26)30-13-7-10-16-37(30)42-38/h5-24H,1-4H3. The third-order valence-corrected chi connectivity index (χ3v) is 9.63. The number of aryl methyl sites for hydroxylation is 1. The lowest BCUT2D eigenvalue weighted by molar-refractivity contribution is 0.558. The first-order chi connectivity index (χ1) is 20.4. The van der Waals surface area contributed by atoms with Gasteiger partial charge in [-0.05, 0) is 98.3 Å². The second-order valence-corrected chi connectivity index (χ2v) is 13.4. The van der Waals surface area contributed by atoms with Gasteiger partial charge >= 0.3 is 0 Å². The molecule has 0 N–H and O–H groups in total. The minimum Gasteiger partial charge on any atom is -0.333 e. The molecular formula is C39H32N2S. The summed E-state index contributed by atoms with van der Waals surface area (Å²) in [7, 11) is 0. The number of rotatable bonds is 2. The summed E-state index contributed by atoms with van der Waals surface area (Å²) in [4.78, 5) is 4.96. The highest BCUT2D eigenvalue weighted by molar-refractivity contribution is 7.25. The summed E-state index contributed by atoms with van der Waals surface area (Å²) in [5.41, 5.74) is 9.77. The van der Waals surface area contributed by atoms with Crippen molar-refractivity contribution >= 4 is 70.7 Å². The highest BCUT2D eigenvalue weighted by atomic mass is 32.1. The Hall–Kier alpha value is -4.60. The van der Waals surface area contributed by atoms with E-state index in [0.29, 0.717) is 0 Å². The van der Waals surface area contributed by atoms with E-state index < -0.39 is 0 Å². The van der Waals surface area contributed by atoms with Crippen LogP contribution in [-0.2, 0) is 0 Å². The highest BCUT2D eigenvalue weighted by Crippen LogP contribution is 2.55. The smallest absolute Gasteiger partial charge is 0.0700 e. The predicted molar refractivity (Wildman–Crippen MR) is 184 cm³/mol. The Balaban J connectivity index is 1.37. The highest BCUT2D eigenvalue weighted by Gasteiger charge is 2.35. The van der Waals surface area contributed by atoms with Crippen molar-refractivity contribution in [2.45, 2.75) is 33.2 Å². The zero-order valence-electron chi connectivity index (χ0n) is 24.3. The van der Waals surface area contributed by atoms with Gasteiger partial charge in [0.2, 0.25) is 0 Å². The molecule has 1 aromatic heterocycles. The molecule has 204 valence electrons. The van der Waals surface area contributed by atoms with Gasteiger partial charge in [0.25, 0.3) is 0 Å². The number of hydrogen-bond acceptors (Lipinski definition) is 3. The van der Waals surface area contributed by atoms with E-state index in [4.69, 9.17) is 0 Å². The second kappa shape index (κ2) is 9.20. The Morgan fingerprint density at radius 3 is 1.95 bits per heavy atom. The summed E-state index contributed by atoms with van der Waals surface area (Å²) in [6.07, 6.45) is 0. The van der Waals surface area contributed by atoms with Crippen molar-refractivity contribution in [2.75, 3.05) is 9.80 Å². The van der Waals surface area contributed by atoms with Crippen LogP contribution in [0.2, 0.25) is 0 Å². The minimum atomic E-state index is -0.0822. The first kappa shape index (κ1) is 25.1. The first-order valence-corrected chi connectivity index (χ1v) is 15.4. The largest absolute Gasteiger partial charge is 0.333 e. The van der Waals surface area contributed by atoms with Crippen LogP contribution < -0.4 is 9.80 Å². The van der Waals surface area contributed by atoms with Gasteiger partial charge in [-0.1, -0.05) is 72.8 Å². The molecule has 0 radical (unpaired) electrons. The molecule has 0 spiro atoms. The minimum absolute atomic E-state index is 0.0822. The lowest BCUT2D eigenvalue weighted by atomic mass is 9.93. The molecule has 0 aliphatic carbocycles. The van der Waals surface area contributed by atoms with Crippen LogP contribution in [0, 0.1) is 6.92 Å². The lowest BCUT2D eigenvalue weighted by Gasteiger charge is -2.46. The van der Waals surface area contributed by atoms with Gasteiger partial charge in [0.15, 0.2) is 0 Å². The van der Waals surface area contributed by atoms with E-state index in [2.05, 4.69) is 159 Å². The molecule has 0 fully saturated rings. The topological polar surface area (TPSA) is 6.48 Å². The van der Waals surface area contributed by atoms with Crippen molar-refractivity contribution in [1.29, 1.82) is 0 Å². The fourth-order valence-corrected chi connectivity index (χ4v) is 7.80. The van der Waals surface area contributed by atoms with Gasteiger partial charge in [0, 0.05) is 31.1 Å². The molecule has 2 heterocycles. The molecule has 7 aromatic rings. The molecule has 1 aliphatic rings. The fraction of sp³-hybridized carbons (Fsp3) is 0.128. The van der Waals surface area contributed by atoms with E-state index in [1.165, 1.54) is 76.1 Å². The molecule has 0 atom stereocenters. The molecule has 0 saturated carbocycles. The Bertz CT molecular complexity index is 2160. The van der Waals surface area contributed by atoms with Crippen molar-refractivity contribution in [3.05, 3.63) is 127 Å². The lowest BCUT2D eigenvalue weighted by Crippen LogP contribution is -2.41. The molecular weight excluding hydrogens is 529 g/mol. The number of nitrogens with zero attached hydrogens (tertiary/aromatic N) is 2. The van der Waals surface area contributed by atoms with Crippen LogP contribution in [0.3, 0.4) is 0 Å². The van der Waals surface area contributed by atoms with Gasteiger partial charge in [-0.15, -0.1) is 11.3 Å². The van der Waals surface area contributed by atoms with Crippen molar-refractivity contribution in [3.8, 4) is 11.1 Å². The SMILES string of the molecule is Cc1ccc2c(c1)N(C(C)(C)C)c1ccccc1N2c1ccc(-c2ccc3sc4ccccc4c3c2)c2ccccc12. The second-order valence-electron chi connectivity index (χ2n) is 12.3.